The third kappa shape index (κ3) is 31.7. The van der Waals surface area contributed by atoms with Crippen LogP contribution in [0.4, 0.5) is 0 Å². The average molecular weight is 242 g/mol. The summed E-state index contributed by atoms with van der Waals surface area (Å²) >= 11 is 0. The van der Waals surface area contributed by atoms with Gasteiger partial charge in [0.25, 0.3) is 0 Å². The van der Waals surface area contributed by atoms with Crippen LogP contribution in [0.2, 0.25) is 0 Å². The first-order valence-corrected chi connectivity index (χ1v) is 4.53. The fourth-order valence-corrected chi connectivity index (χ4v) is 0.514. The molecule has 0 saturated carbocycles. The topological polar surface area (TPSA) is 28.2 Å². The van der Waals surface area contributed by atoms with Crippen molar-refractivity contribution < 1.29 is 24.6 Å². The Kier molecular flexibility index (Phi) is 31.3. The van der Waals surface area contributed by atoms with E-state index in [1.165, 1.54) is 0 Å². The predicted molar refractivity (Wildman–Crippen MR) is 69.2 cm³/mol. The van der Waals surface area contributed by atoms with E-state index in [2.05, 4.69) is 36.9 Å². The molecule has 0 heterocycles. The maximum Gasteiger partial charge on any atom is 4.00 e. The summed E-state index contributed by atoms with van der Waals surface area (Å²) in [7, 11) is 0. The van der Waals surface area contributed by atoms with Crippen LogP contribution in [0.25, 0.3) is 10.6 Å². The van der Waals surface area contributed by atoms with Gasteiger partial charge in [-0.25, -0.2) is 0 Å². The minimum Gasteiger partial charge on any atom is -1.00 e. The number of hydrogen-bond acceptors (Lipinski definition) is 0. The first kappa shape index (κ1) is 20.1. The summed E-state index contributed by atoms with van der Waals surface area (Å²) in [5.41, 5.74) is 0. The Bertz CT molecular complexity index is 131. The molecule has 0 rings (SSSR count). The molecule has 0 N–H and O–H groups in total. The van der Waals surface area contributed by atoms with E-state index in [0.717, 1.165) is 26.2 Å². The molecule has 0 atom stereocenters. The molecule has 0 unspecified atom stereocenters. The molecule has 2 nitrogen and oxygen atoms in total. The van der Waals surface area contributed by atoms with E-state index in [1.54, 1.807) is 24.3 Å². The van der Waals surface area contributed by atoms with E-state index in [-0.39, 0.29) is 24.6 Å². The zero-order valence-corrected chi connectivity index (χ0v) is 10.9. The van der Waals surface area contributed by atoms with E-state index < -0.39 is 0 Å². The molecule has 0 aliphatic rings. The molecule has 84 valence electrons. The minimum atomic E-state index is 0. The molecule has 0 amide bonds. The van der Waals surface area contributed by atoms with Crippen molar-refractivity contribution in [2.75, 3.05) is 26.2 Å². The van der Waals surface area contributed by atoms with Gasteiger partial charge in [0.15, 0.2) is 0 Å². The molecular formula is C12H22N2Ti. The summed E-state index contributed by atoms with van der Waals surface area (Å²) in [4.78, 5) is 0. The zero-order chi connectivity index (χ0) is 11.1. The van der Waals surface area contributed by atoms with Gasteiger partial charge in [-0.15, -0.1) is 76.8 Å². The Morgan fingerprint density at radius 2 is 0.867 bits per heavy atom. The van der Waals surface area contributed by atoms with Gasteiger partial charge in [0.1, 0.15) is 0 Å². The van der Waals surface area contributed by atoms with Crippen LogP contribution in [0, 0.1) is 0 Å². The average Bonchev–Trinajstić information content (AvgIpc) is 2.21. The van der Waals surface area contributed by atoms with Crippen molar-refractivity contribution >= 4 is 0 Å². The van der Waals surface area contributed by atoms with Crippen LogP contribution in [0.15, 0.2) is 50.6 Å². The molecule has 0 aromatic heterocycles. The third-order valence-corrected chi connectivity index (χ3v) is 1.03. The molecule has 0 bridgehead atoms. The van der Waals surface area contributed by atoms with Crippen molar-refractivity contribution in [1.82, 2.24) is 0 Å². The van der Waals surface area contributed by atoms with Crippen molar-refractivity contribution in [2.24, 2.45) is 0 Å². The molecule has 0 aromatic rings. The zero-order valence-electron chi connectivity index (χ0n) is 11.4. The van der Waals surface area contributed by atoms with Crippen LogP contribution in [0.3, 0.4) is 0 Å². The van der Waals surface area contributed by atoms with Gasteiger partial charge in [0, 0.05) is 0 Å². The normalized spacial score (nSPS) is 7.47. The Hall–Kier alpha value is -0.406. The fourth-order valence-electron chi connectivity index (χ4n) is 0.514. The first-order valence-electron chi connectivity index (χ1n) is 4.53. The number of nitrogens with zero attached hydrogens (tertiary/aromatic N) is 2. The van der Waals surface area contributed by atoms with Gasteiger partial charge in [0.2, 0.25) is 0 Å². The summed E-state index contributed by atoms with van der Waals surface area (Å²) in [6, 6.07) is 0. The number of rotatable bonds is 8. The maximum absolute atomic E-state index is 3.97. The van der Waals surface area contributed by atoms with Crippen LogP contribution < -0.4 is 0 Å². The predicted octanol–water partition coefficient (Wildman–Crippen LogP) is 3.69. The molecule has 0 fully saturated rings. The van der Waals surface area contributed by atoms with Gasteiger partial charge in [-0.1, -0.05) is 0 Å². The van der Waals surface area contributed by atoms with Crippen molar-refractivity contribution in [3.63, 3.8) is 0 Å². The van der Waals surface area contributed by atoms with Gasteiger partial charge < -0.3 is 13.5 Å². The van der Waals surface area contributed by atoms with E-state index >= 15 is 0 Å². The molecule has 0 aliphatic heterocycles. The summed E-state index contributed by atoms with van der Waals surface area (Å²) in [5.74, 6) is 0. The summed E-state index contributed by atoms with van der Waals surface area (Å²) in [6.07, 6.45) is 7.07. The quantitative estimate of drug-likeness (QED) is 0.353. The molecular weight excluding hydrogens is 220 g/mol. The van der Waals surface area contributed by atoms with Crippen LogP contribution in [0.5, 0.6) is 0 Å². The van der Waals surface area contributed by atoms with Gasteiger partial charge >= 0.3 is 21.7 Å². The van der Waals surface area contributed by atoms with Crippen LogP contribution >= 0.6 is 0 Å². The van der Waals surface area contributed by atoms with Crippen molar-refractivity contribution in [3.05, 3.63) is 61.3 Å². The Morgan fingerprint density at radius 1 is 0.667 bits per heavy atom. The van der Waals surface area contributed by atoms with Crippen molar-refractivity contribution in [1.29, 1.82) is 0 Å². The van der Waals surface area contributed by atoms with Crippen LogP contribution in [0.1, 0.15) is 2.85 Å². The van der Waals surface area contributed by atoms with Gasteiger partial charge in [-0.2, -0.15) is 0 Å². The molecule has 0 saturated heterocycles. The van der Waals surface area contributed by atoms with E-state index in [4.69, 9.17) is 0 Å². The molecule has 0 aliphatic carbocycles. The van der Waals surface area contributed by atoms with Gasteiger partial charge in [-0.05, 0) is 0 Å². The molecule has 0 aromatic carbocycles. The molecule has 0 radical (unpaired) electrons. The standard InChI is InChI=1S/2C6H10N.Ti.2H/c2*1-3-5-7-6-4-2;;;/h2*3-4H,1-2,5-6H2;;;/q2*-1;+4;2*-1. The summed E-state index contributed by atoms with van der Waals surface area (Å²) in [5, 5.41) is 7.94. The van der Waals surface area contributed by atoms with Crippen LogP contribution in [-0.2, 0) is 21.7 Å². The van der Waals surface area contributed by atoms with E-state index in [9.17, 15) is 0 Å². The summed E-state index contributed by atoms with van der Waals surface area (Å²) in [6.45, 7) is 17.0. The van der Waals surface area contributed by atoms with E-state index in [0.29, 0.717) is 0 Å². The van der Waals surface area contributed by atoms with Crippen molar-refractivity contribution in [3.8, 4) is 0 Å². The molecule has 3 heteroatoms. The Morgan fingerprint density at radius 3 is 1.00 bits per heavy atom. The largest absolute Gasteiger partial charge is 4.00 e. The van der Waals surface area contributed by atoms with Gasteiger partial charge in [0.05, 0.1) is 0 Å². The number of hydrogen-bond donors (Lipinski definition) is 0. The van der Waals surface area contributed by atoms with E-state index in [1.807, 2.05) is 0 Å². The molecule has 15 heavy (non-hydrogen) atoms. The smallest absolute Gasteiger partial charge is 1.00 e. The van der Waals surface area contributed by atoms with Crippen LogP contribution in [-0.4, -0.2) is 26.2 Å². The molecule has 0 spiro atoms. The monoisotopic (exact) mass is 242 g/mol. The first-order chi connectivity index (χ1) is 6.83. The maximum atomic E-state index is 3.97. The van der Waals surface area contributed by atoms with Crippen molar-refractivity contribution in [2.45, 2.75) is 0 Å². The third-order valence-electron chi connectivity index (χ3n) is 1.03. The Balaban J connectivity index is -0.0000000480. The second kappa shape index (κ2) is 23.4. The fraction of sp³-hybridized carbons (Fsp3) is 0.333. The Labute approximate surface area is 112 Å². The second-order valence-corrected chi connectivity index (χ2v) is 2.33. The minimum absolute atomic E-state index is 0. The second-order valence-electron chi connectivity index (χ2n) is 2.33. The summed E-state index contributed by atoms with van der Waals surface area (Å²) < 4.78 is 0. The van der Waals surface area contributed by atoms with Gasteiger partial charge in [-0.3, -0.25) is 0 Å². The SMILES string of the molecule is C=CC[N-]CC=C.C=CC[N-]CC=C.[H-].[H-].[Ti+4].